The van der Waals surface area contributed by atoms with Gasteiger partial charge in [-0.2, -0.15) is 0 Å². The van der Waals surface area contributed by atoms with Crippen molar-refractivity contribution in [3.05, 3.63) is 0 Å². The van der Waals surface area contributed by atoms with E-state index in [1.807, 2.05) is 0 Å². The number of ether oxygens (including phenoxy) is 1. The van der Waals surface area contributed by atoms with Gasteiger partial charge in [0.25, 0.3) is 0 Å². The minimum atomic E-state index is -0.872. The number of carboxylic acids is 1. The molecule has 4 heteroatoms. The molecule has 0 aromatic carbocycles. The fraction of sp³-hybridized carbons (Fsp3) is 0.867. The zero-order valence-electron chi connectivity index (χ0n) is 13.1. The van der Waals surface area contributed by atoms with Crippen molar-refractivity contribution in [2.24, 2.45) is 11.3 Å². The second-order valence-electron chi connectivity index (χ2n) is 6.59. The molecule has 0 saturated heterocycles. The van der Waals surface area contributed by atoms with Crippen molar-refractivity contribution in [1.82, 2.24) is 0 Å². The Morgan fingerprint density at radius 1 is 1.21 bits per heavy atom. The van der Waals surface area contributed by atoms with Crippen LogP contribution in [0, 0.1) is 11.3 Å². The predicted octanol–water partition coefficient (Wildman–Crippen LogP) is 3.64. The van der Waals surface area contributed by atoms with E-state index in [-0.39, 0.29) is 23.7 Å². The van der Waals surface area contributed by atoms with Gasteiger partial charge in [0.15, 0.2) is 0 Å². The average Bonchev–Trinajstić information content (AvgIpc) is 2.25. The molecule has 19 heavy (non-hydrogen) atoms. The number of rotatable bonds is 8. The summed E-state index contributed by atoms with van der Waals surface area (Å²) in [5.74, 6) is -1.33. The molecule has 0 spiro atoms. The third-order valence-electron chi connectivity index (χ3n) is 4.01. The van der Waals surface area contributed by atoms with Crippen molar-refractivity contribution in [2.75, 3.05) is 0 Å². The molecule has 0 amide bonds. The fourth-order valence-electron chi connectivity index (χ4n) is 1.57. The third kappa shape index (κ3) is 7.19. The summed E-state index contributed by atoms with van der Waals surface area (Å²) < 4.78 is 5.44. The van der Waals surface area contributed by atoms with Crippen molar-refractivity contribution in [1.29, 1.82) is 0 Å². The van der Waals surface area contributed by atoms with E-state index in [1.54, 1.807) is 20.8 Å². The minimum absolute atomic E-state index is 0.000727. The smallest absolute Gasteiger partial charge is 0.306 e. The van der Waals surface area contributed by atoms with E-state index in [2.05, 4.69) is 20.8 Å². The van der Waals surface area contributed by atoms with Crippen LogP contribution in [-0.2, 0) is 14.3 Å². The molecule has 4 nitrogen and oxygen atoms in total. The van der Waals surface area contributed by atoms with Gasteiger partial charge in [-0.05, 0) is 25.7 Å². The van der Waals surface area contributed by atoms with Crippen LogP contribution >= 0.6 is 0 Å². The van der Waals surface area contributed by atoms with Crippen LogP contribution in [0.4, 0.5) is 0 Å². The molecule has 0 rings (SSSR count). The van der Waals surface area contributed by atoms with Gasteiger partial charge in [-0.3, -0.25) is 9.59 Å². The molecule has 1 N–H and O–H groups in total. The van der Waals surface area contributed by atoms with Gasteiger partial charge in [0, 0.05) is 12.3 Å². The monoisotopic (exact) mass is 272 g/mol. The highest BCUT2D eigenvalue weighted by atomic mass is 16.6. The Hall–Kier alpha value is -1.06. The normalized spacial score (nSPS) is 14.0. The number of carbonyl (C=O) groups excluding carboxylic acids is 1. The van der Waals surface area contributed by atoms with Crippen molar-refractivity contribution in [3.8, 4) is 0 Å². The summed E-state index contributed by atoms with van der Waals surface area (Å²) in [6.07, 6.45) is 2.18. The van der Waals surface area contributed by atoms with Gasteiger partial charge in [0.05, 0.1) is 6.42 Å². The van der Waals surface area contributed by atoms with E-state index in [0.717, 1.165) is 12.8 Å². The molecule has 0 heterocycles. The molecule has 0 aromatic heterocycles. The van der Waals surface area contributed by atoms with Gasteiger partial charge in [0.1, 0.15) is 5.60 Å². The van der Waals surface area contributed by atoms with Gasteiger partial charge >= 0.3 is 11.9 Å². The van der Waals surface area contributed by atoms with E-state index in [0.29, 0.717) is 6.42 Å². The number of carboxylic acid groups (broad SMARTS) is 1. The maximum Gasteiger partial charge on any atom is 0.306 e. The second kappa shape index (κ2) is 6.92. The molecule has 0 saturated carbocycles. The van der Waals surface area contributed by atoms with E-state index in [4.69, 9.17) is 9.84 Å². The first kappa shape index (κ1) is 17.9. The van der Waals surface area contributed by atoms with Crippen LogP contribution in [0.3, 0.4) is 0 Å². The summed E-state index contributed by atoms with van der Waals surface area (Å²) in [5, 5.41) is 8.78. The van der Waals surface area contributed by atoms with Crippen LogP contribution in [-0.4, -0.2) is 22.6 Å². The second-order valence-corrected chi connectivity index (χ2v) is 6.59. The standard InChI is InChI=1S/C15H28O4/c1-7-14(3,4)9-8-13(18)19-15(5,6)11(2)10-12(16)17/h11H,7-10H2,1-6H3,(H,16,17). The lowest BCUT2D eigenvalue weighted by Gasteiger charge is -2.31. The summed E-state index contributed by atoms with van der Waals surface area (Å²) in [6.45, 7) is 11.7. The Kier molecular flexibility index (Phi) is 6.53. The molecular formula is C15H28O4. The van der Waals surface area contributed by atoms with E-state index < -0.39 is 11.6 Å². The Balaban J connectivity index is 4.34. The summed E-state index contributed by atoms with van der Waals surface area (Å²) in [4.78, 5) is 22.5. The zero-order chi connectivity index (χ0) is 15.3. The van der Waals surface area contributed by atoms with E-state index in [1.165, 1.54) is 0 Å². The lowest BCUT2D eigenvalue weighted by atomic mass is 9.85. The highest BCUT2D eigenvalue weighted by Gasteiger charge is 2.32. The third-order valence-corrected chi connectivity index (χ3v) is 4.01. The largest absolute Gasteiger partial charge is 0.481 e. The summed E-state index contributed by atoms with van der Waals surface area (Å²) >= 11 is 0. The number of hydrogen-bond acceptors (Lipinski definition) is 3. The van der Waals surface area contributed by atoms with Crippen molar-refractivity contribution >= 4 is 11.9 Å². The summed E-state index contributed by atoms with van der Waals surface area (Å²) in [5.41, 5.74) is -0.609. The van der Waals surface area contributed by atoms with Gasteiger partial charge in [-0.25, -0.2) is 0 Å². The Morgan fingerprint density at radius 3 is 2.16 bits per heavy atom. The fourth-order valence-corrected chi connectivity index (χ4v) is 1.57. The van der Waals surface area contributed by atoms with Crippen LogP contribution in [0.2, 0.25) is 0 Å². The molecule has 0 aromatic rings. The van der Waals surface area contributed by atoms with Gasteiger partial charge in [0.2, 0.25) is 0 Å². The first-order chi connectivity index (χ1) is 8.50. The maximum absolute atomic E-state index is 11.8. The summed E-state index contributed by atoms with van der Waals surface area (Å²) in [6, 6.07) is 0. The number of hydrogen-bond donors (Lipinski definition) is 1. The molecule has 112 valence electrons. The van der Waals surface area contributed by atoms with E-state index in [9.17, 15) is 9.59 Å². The van der Waals surface area contributed by atoms with Crippen molar-refractivity contribution in [2.45, 2.75) is 72.8 Å². The first-order valence-electron chi connectivity index (χ1n) is 6.94. The lowest BCUT2D eigenvalue weighted by molar-refractivity contribution is -0.164. The van der Waals surface area contributed by atoms with Crippen molar-refractivity contribution < 1.29 is 19.4 Å². The zero-order valence-corrected chi connectivity index (χ0v) is 13.1. The van der Waals surface area contributed by atoms with Crippen LogP contribution in [0.25, 0.3) is 0 Å². The van der Waals surface area contributed by atoms with Crippen LogP contribution in [0.1, 0.15) is 67.2 Å². The molecule has 0 bridgehead atoms. The number of carbonyl (C=O) groups is 2. The van der Waals surface area contributed by atoms with E-state index >= 15 is 0 Å². The Bertz CT molecular complexity index is 318. The first-order valence-corrected chi connectivity index (χ1v) is 6.94. The lowest BCUT2D eigenvalue weighted by Crippen LogP contribution is -2.36. The van der Waals surface area contributed by atoms with Gasteiger partial charge in [-0.1, -0.05) is 34.1 Å². The van der Waals surface area contributed by atoms with Crippen LogP contribution in [0.15, 0.2) is 0 Å². The maximum atomic E-state index is 11.8. The van der Waals surface area contributed by atoms with Crippen LogP contribution in [0.5, 0.6) is 0 Å². The molecule has 0 aliphatic heterocycles. The Labute approximate surface area is 116 Å². The van der Waals surface area contributed by atoms with Crippen LogP contribution < -0.4 is 0 Å². The molecule has 0 aliphatic rings. The average molecular weight is 272 g/mol. The minimum Gasteiger partial charge on any atom is -0.481 e. The molecule has 1 atom stereocenters. The molecular weight excluding hydrogens is 244 g/mol. The SMILES string of the molecule is CCC(C)(C)CCC(=O)OC(C)(C)C(C)CC(=O)O. The predicted molar refractivity (Wildman–Crippen MR) is 74.9 cm³/mol. The summed E-state index contributed by atoms with van der Waals surface area (Å²) in [7, 11) is 0. The molecule has 1 unspecified atom stereocenters. The quantitative estimate of drug-likeness (QED) is 0.685. The molecule has 0 fully saturated rings. The number of aliphatic carboxylic acids is 1. The molecule has 0 aliphatic carbocycles. The van der Waals surface area contributed by atoms with Gasteiger partial charge in [-0.15, -0.1) is 0 Å². The van der Waals surface area contributed by atoms with Gasteiger partial charge < -0.3 is 9.84 Å². The number of esters is 1. The Morgan fingerprint density at radius 2 is 1.74 bits per heavy atom. The highest BCUT2D eigenvalue weighted by Crippen LogP contribution is 2.28. The molecule has 0 radical (unpaired) electrons. The topological polar surface area (TPSA) is 63.6 Å². The highest BCUT2D eigenvalue weighted by molar-refractivity contribution is 5.70. The van der Waals surface area contributed by atoms with Crippen molar-refractivity contribution in [3.63, 3.8) is 0 Å².